The topological polar surface area (TPSA) is 61.4 Å². The zero-order valence-electron chi connectivity index (χ0n) is 13.7. The van der Waals surface area contributed by atoms with E-state index in [1.807, 2.05) is 38.1 Å². The van der Waals surface area contributed by atoms with Crippen molar-refractivity contribution < 1.29 is 9.59 Å². The van der Waals surface area contributed by atoms with Crippen molar-refractivity contribution in [3.8, 4) is 0 Å². The molecule has 0 fully saturated rings. The molecule has 2 aromatic carbocycles. The number of benzene rings is 2. The van der Waals surface area contributed by atoms with Crippen molar-refractivity contribution in [1.29, 1.82) is 0 Å². The number of carbonyl (C=O) groups excluding carboxylic acids is 2. The van der Waals surface area contributed by atoms with Gasteiger partial charge in [-0.25, -0.2) is 0 Å². The van der Waals surface area contributed by atoms with E-state index in [2.05, 4.69) is 10.7 Å². The summed E-state index contributed by atoms with van der Waals surface area (Å²) in [7, 11) is 0. The van der Waals surface area contributed by atoms with Gasteiger partial charge in [-0.1, -0.05) is 41.4 Å². The molecule has 0 saturated carbocycles. The van der Waals surface area contributed by atoms with Crippen molar-refractivity contribution in [3.05, 3.63) is 64.7 Å². The predicted octanol–water partition coefficient (Wildman–Crippen LogP) is 2.94. The van der Waals surface area contributed by atoms with Crippen molar-refractivity contribution in [2.45, 2.75) is 13.8 Å². The highest BCUT2D eigenvalue weighted by atomic mass is 35.5. The highest BCUT2D eigenvalue weighted by Crippen LogP contribution is 2.14. The van der Waals surface area contributed by atoms with Crippen molar-refractivity contribution in [3.63, 3.8) is 0 Å². The van der Waals surface area contributed by atoms with Crippen LogP contribution in [0.2, 0.25) is 5.02 Å². The number of hydrogen-bond donors (Lipinski definition) is 2. The first kappa shape index (κ1) is 17.8. The molecular formula is C18H20ClN3O2. The normalized spacial score (nSPS) is 10.1. The number of amides is 2. The number of nitrogens with one attached hydrogen (secondary N) is 2. The average Bonchev–Trinajstić information content (AvgIpc) is 2.59. The van der Waals surface area contributed by atoms with Gasteiger partial charge in [-0.15, -0.1) is 0 Å². The summed E-state index contributed by atoms with van der Waals surface area (Å²) in [6.07, 6.45) is 0. The Balaban J connectivity index is 1.91. The minimum Gasteiger partial charge on any atom is -0.343 e. The van der Waals surface area contributed by atoms with Gasteiger partial charge < -0.3 is 5.32 Å². The zero-order chi connectivity index (χ0) is 17.5. The van der Waals surface area contributed by atoms with Gasteiger partial charge in [0.1, 0.15) is 0 Å². The predicted molar refractivity (Wildman–Crippen MR) is 96.1 cm³/mol. The molecule has 6 heteroatoms. The number of nitrogens with zero attached hydrogens (tertiary/aromatic N) is 1. The molecule has 0 aliphatic carbocycles. The second-order valence-electron chi connectivity index (χ2n) is 5.28. The molecule has 126 valence electrons. The van der Waals surface area contributed by atoms with Crippen LogP contribution in [-0.2, 0) is 4.79 Å². The molecule has 0 aliphatic heterocycles. The van der Waals surface area contributed by atoms with Crippen molar-refractivity contribution >= 4 is 29.1 Å². The van der Waals surface area contributed by atoms with Gasteiger partial charge in [0.25, 0.3) is 11.8 Å². The van der Waals surface area contributed by atoms with Crippen LogP contribution in [0.4, 0.5) is 5.69 Å². The molecule has 0 bridgehead atoms. The fourth-order valence-corrected chi connectivity index (χ4v) is 2.36. The van der Waals surface area contributed by atoms with Crippen LogP contribution in [0.3, 0.4) is 0 Å². The van der Waals surface area contributed by atoms with Gasteiger partial charge in [0.15, 0.2) is 0 Å². The molecular weight excluding hydrogens is 326 g/mol. The molecule has 5 nitrogen and oxygen atoms in total. The first-order chi connectivity index (χ1) is 11.5. The monoisotopic (exact) mass is 345 g/mol. The van der Waals surface area contributed by atoms with Crippen LogP contribution in [0.1, 0.15) is 22.8 Å². The second-order valence-corrected chi connectivity index (χ2v) is 5.68. The van der Waals surface area contributed by atoms with Crippen LogP contribution < -0.4 is 15.8 Å². The van der Waals surface area contributed by atoms with Crippen molar-refractivity contribution in [2.24, 2.45) is 0 Å². The fourth-order valence-electron chi connectivity index (χ4n) is 2.14. The summed E-state index contributed by atoms with van der Waals surface area (Å²) >= 11 is 5.96. The van der Waals surface area contributed by atoms with Crippen molar-refractivity contribution in [1.82, 2.24) is 10.7 Å². The lowest BCUT2D eigenvalue weighted by atomic mass is 10.2. The second kappa shape index (κ2) is 8.36. The third-order valence-electron chi connectivity index (χ3n) is 3.45. The van der Waals surface area contributed by atoms with E-state index in [9.17, 15) is 9.59 Å². The average molecular weight is 346 g/mol. The van der Waals surface area contributed by atoms with E-state index in [1.54, 1.807) is 29.3 Å². The van der Waals surface area contributed by atoms with Gasteiger partial charge in [0.05, 0.1) is 22.8 Å². The Bertz CT molecular complexity index is 716. The molecule has 0 unspecified atom stereocenters. The van der Waals surface area contributed by atoms with Crippen LogP contribution in [0.15, 0.2) is 48.5 Å². The Morgan fingerprint density at radius 2 is 1.75 bits per heavy atom. The summed E-state index contributed by atoms with van der Waals surface area (Å²) < 4.78 is 0. The SMILES string of the molecule is CCN(NC(=O)CNC(=O)c1ccccc1Cl)c1ccc(C)cc1. The Kier molecular flexibility index (Phi) is 6.21. The molecule has 0 aliphatic rings. The van der Waals surface area contributed by atoms with Crippen LogP contribution in [0, 0.1) is 6.92 Å². The molecule has 2 rings (SSSR count). The Morgan fingerprint density at radius 1 is 1.08 bits per heavy atom. The van der Waals surface area contributed by atoms with Gasteiger partial charge in [-0.2, -0.15) is 0 Å². The Morgan fingerprint density at radius 3 is 2.38 bits per heavy atom. The van der Waals surface area contributed by atoms with Gasteiger partial charge in [0, 0.05) is 6.54 Å². The minimum absolute atomic E-state index is 0.133. The molecule has 2 amide bonds. The summed E-state index contributed by atoms with van der Waals surface area (Å²) in [5.74, 6) is -0.688. The summed E-state index contributed by atoms with van der Waals surface area (Å²) in [5, 5.41) is 4.65. The van der Waals surface area contributed by atoms with Crippen molar-refractivity contribution in [2.75, 3.05) is 18.1 Å². The van der Waals surface area contributed by atoms with Gasteiger partial charge in [-0.3, -0.25) is 20.0 Å². The lowest BCUT2D eigenvalue weighted by Crippen LogP contribution is -2.47. The largest absolute Gasteiger partial charge is 0.343 e. The summed E-state index contributed by atoms with van der Waals surface area (Å²) in [5.41, 5.74) is 5.15. The highest BCUT2D eigenvalue weighted by molar-refractivity contribution is 6.33. The van der Waals surface area contributed by atoms with E-state index >= 15 is 0 Å². The van der Waals surface area contributed by atoms with Crippen LogP contribution in [0.25, 0.3) is 0 Å². The van der Waals surface area contributed by atoms with Gasteiger partial charge in [-0.05, 0) is 38.1 Å². The van der Waals surface area contributed by atoms with E-state index in [-0.39, 0.29) is 18.4 Å². The quantitative estimate of drug-likeness (QED) is 0.791. The number of rotatable bonds is 6. The Labute approximate surface area is 146 Å². The standard InChI is InChI=1S/C18H20ClN3O2/c1-3-22(14-10-8-13(2)9-11-14)21-17(23)12-20-18(24)15-6-4-5-7-16(15)19/h4-11H,3,12H2,1-2H3,(H,20,24)(H,21,23). The van der Waals surface area contributed by atoms with Crippen LogP contribution in [0.5, 0.6) is 0 Å². The van der Waals surface area contributed by atoms with Gasteiger partial charge >= 0.3 is 0 Å². The van der Waals surface area contributed by atoms with Crippen LogP contribution >= 0.6 is 11.6 Å². The first-order valence-electron chi connectivity index (χ1n) is 7.67. The lowest BCUT2D eigenvalue weighted by molar-refractivity contribution is -0.120. The molecule has 0 atom stereocenters. The number of aryl methyl sites for hydroxylation is 1. The molecule has 0 radical (unpaired) electrons. The fraction of sp³-hybridized carbons (Fsp3) is 0.222. The maximum absolute atomic E-state index is 12.1. The molecule has 0 heterocycles. The zero-order valence-corrected chi connectivity index (χ0v) is 14.4. The smallest absolute Gasteiger partial charge is 0.257 e. The highest BCUT2D eigenvalue weighted by Gasteiger charge is 2.13. The molecule has 0 saturated heterocycles. The van der Waals surface area contributed by atoms with E-state index < -0.39 is 0 Å². The number of carbonyl (C=O) groups is 2. The molecule has 0 aromatic heterocycles. The summed E-state index contributed by atoms with van der Waals surface area (Å²) in [4.78, 5) is 24.1. The molecule has 2 aromatic rings. The van der Waals surface area contributed by atoms with E-state index in [4.69, 9.17) is 11.6 Å². The molecule has 2 N–H and O–H groups in total. The number of hydrogen-bond acceptors (Lipinski definition) is 3. The first-order valence-corrected chi connectivity index (χ1v) is 8.05. The number of hydrazine groups is 1. The van der Waals surface area contributed by atoms with E-state index in [0.29, 0.717) is 17.1 Å². The third kappa shape index (κ3) is 4.73. The maximum atomic E-state index is 12.1. The number of anilines is 1. The van der Waals surface area contributed by atoms with E-state index in [1.165, 1.54) is 0 Å². The molecule has 24 heavy (non-hydrogen) atoms. The molecule has 0 spiro atoms. The summed E-state index contributed by atoms with van der Waals surface area (Å²) in [6, 6.07) is 14.5. The number of halogens is 1. The summed E-state index contributed by atoms with van der Waals surface area (Å²) in [6.45, 7) is 4.41. The minimum atomic E-state index is -0.380. The lowest BCUT2D eigenvalue weighted by Gasteiger charge is -2.24. The third-order valence-corrected chi connectivity index (χ3v) is 3.78. The van der Waals surface area contributed by atoms with Gasteiger partial charge in [0.2, 0.25) is 0 Å². The van der Waals surface area contributed by atoms with E-state index in [0.717, 1.165) is 11.3 Å². The Hall–Kier alpha value is -2.53. The van der Waals surface area contributed by atoms with Crippen LogP contribution in [-0.4, -0.2) is 24.9 Å². The maximum Gasteiger partial charge on any atom is 0.257 e.